The third-order valence-electron chi connectivity index (χ3n) is 4.35. The molecule has 2 heterocycles. The van der Waals surface area contributed by atoms with Crippen molar-refractivity contribution in [3.63, 3.8) is 0 Å². The highest BCUT2D eigenvalue weighted by Crippen LogP contribution is 2.45. The van der Waals surface area contributed by atoms with Gasteiger partial charge in [0.25, 0.3) is 0 Å². The fourth-order valence-corrected chi connectivity index (χ4v) is 4.19. The molecule has 1 fully saturated rings. The van der Waals surface area contributed by atoms with E-state index in [4.69, 9.17) is 69.6 Å². The Kier molecular flexibility index (Phi) is 7.78. The number of hydrogen-bond donors (Lipinski definition) is 2. The van der Waals surface area contributed by atoms with E-state index in [0.29, 0.717) is 0 Å². The molecule has 8 nitrogen and oxygen atoms in total. The summed E-state index contributed by atoms with van der Waals surface area (Å²) in [6.45, 7) is 3.93. The third kappa shape index (κ3) is 6.79. The van der Waals surface area contributed by atoms with E-state index in [1.807, 2.05) is 13.8 Å². The number of hydrogen-bond acceptors (Lipinski definition) is 4. The van der Waals surface area contributed by atoms with Gasteiger partial charge in [-0.15, -0.1) is 0 Å². The van der Waals surface area contributed by atoms with Crippen molar-refractivity contribution < 1.29 is 24.6 Å². The number of halogens is 6. The first-order valence-corrected chi connectivity index (χ1v) is 10.9. The first-order chi connectivity index (χ1) is 13.9. The molecule has 0 radical (unpaired) electrons. The van der Waals surface area contributed by atoms with E-state index in [1.165, 1.54) is 4.90 Å². The zero-order valence-corrected chi connectivity index (χ0v) is 20.7. The number of carboxylic acid groups (broad SMARTS) is 2. The van der Waals surface area contributed by atoms with Gasteiger partial charge in [0.05, 0.1) is 5.69 Å². The lowest BCUT2D eigenvalue weighted by Crippen LogP contribution is -2.38. The van der Waals surface area contributed by atoms with Crippen LogP contribution in [0, 0.1) is 5.41 Å². The zero-order valence-electron chi connectivity index (χ0n) is 16.1. The number of aromatic nitrogens is 1. The molecule has 2 rings (SSSR count). The predicted molar refractivity (Wildman–Crippen MR) is 122 cm³/mol. The molecular formula is C17H17Cl6N3O5. The Bertz CT molecular complexity index is 899. The van der Waals surface area contributed by atoms with Crippen LogP contribution in [0.3, 0.4) is 0 Å². The van der Waals surface area contributed by atoms with Crippen LogP contribution in [-0.2, 0) is 17.6 Å². The average molecular weight is 556 g/mol. The Morgan fingerprint density at radius 3 is 2.00 bits per heavy atom. The van der Waals surface area contributed by atoms with Gasteiger partial charge in [-0.3, -0.25) is 4.79 Å². The second kappa shape index (κ2) is 9.15. The van der Waals surface area contributed by atoms with E-state index in [0.717, 1.165) is 6.20 Å². The van der Waals surface area contributed by atoms with Gasteiger partial charge in [0, 0.05) is 37.6 Å². The SMILES string of the molecule is CC1(C)CC(=O)N(c2c(CC(Cl)(Cl)Cl)cnc(N(C(=O)O)C(=O)O)c2CC(Cl)(Cl)Cl)C1. The number of imide groups is 1. The van der Waals surface area contributed by atoms with Crippen LogP contribution in [0.5, 0.6) is 0 Å². The van der Waals surface area contributed by atoms with Gasteiger partial charge < -0.3 is 15.1 Å². The lowest BCUT2D eigenvalue weighted by molar-refractivity contribution is -0.117. The van der Waals surface area contributed by atoms with Crippen LogP contribution in [0.15, 0.2) is 6.20 Å². The molecule has 2 N–H and O–H groups in total. The summed E-state index contributed by atoms with van der Waals surface area (Å²) in [5.41, 5.74) is -0.183. The highest BCUT2D eigenvalue weighted by atomic mass is 35.6. The van der Waals surface area contributed by atoms with Crippen LogP contribution in [-0.4, -0.2) is 47.4 Å². The number of pyridine rings is 1. The average Bonchev–Trinajstić information content (AvgIpc) is 2.78. The topological polar surface area (TPSA) is 111 Å². The predicted octanol–water partition coefficient (Wildman–Crippen LogP) is 5.83. The summed E-state index contributed by atoms with van der Waals surface area (Å²) < 4.78 is -3.78. The van der Waals surface area contributed by atoms with Crippen LogP contribution in [0.4, 0.5) is 21.1 Å². The zero-order chi connectivity index (χ0) is 23.9. The molecule has 1 aliphatic heterocycles. The Balaban J connectivity index is 2.88. The number of carbonyl (C=O) groups is 3. The van der Waals surface area contributed by atoms with Gasteiger partial charge in [-0.2, -0.15) is 4.90 Å². The van der Waals surface area contributed by atoms with Gasteiger partial charge in [0.1, 0.15) is 0 Å². The molecular weight excluding hydrogens is 539 g/mol. The molecule has 0 aliphatic carbocycles. The van der Waals surface area contributed by atoms with Crippen molar-refractivity contribution in [2.24, 2.45) is 5.41 Å². The molecule has 1 aliphatic rings. The summed E-state index contributed by atoms with van der Waals surface area (Å²) >= 11 is 35.8. The monoisotopic (exact) mass is 553 g/mol. The van der Waals surface area contributed by atoms with Gasteiger partial charge >= 0.3 is 12.2 Å². The summed E-state index contributed by atoms with van der Waals surface area (Å²) in [7, 11) is 0. The van der Waals surface area contributed by atoms with Gasteiger partial charge in [0.2, 0.25) is 5.91 Å². The van der Waals surface area contributed by atoms with Crippen molar-refractivity contribution in [2.45, 2.75) is 40.7 Å². The fourth-order valence-electron chi connectivity index (χ4n) is 3.36. The molecule has 0 unspecified atom stereocenters. The minimum atomic E-state index is -1.98. The Labute approximate surface area is 207 Å². The normalized spacial score (nSPS) is 16.5. The molecule has 3 amide bonds. The van der Waals surface area contributed by atoms with Crippen molar-refractivity contribution in [1.82, 2.24) is 4.98 Å². The maximum atomic E-state index is 12.8. The van der Waals surface area contributed by atoms with Crippen molar-refractivity contribution in [3.05, 3.63) is 17.3 Å². The molecule has 0 spiro atoms. The number of amides is 3. The number of rotatable bonds is 4. The second-order valence-electron chi connectivity index (χ2n) is 7.74. The molecule has 1 saturated heterocycles. The maximum Gasteiger partial charge on any atom is 0.422 e. The molecule has 1 aromatic heterocycles. The van der Waals surface area contributed by atoms with Gasteiger partial charge in [0.15, 0.2) is 13.4 Å². The van der Waals surface area contributed by atoms with Crippen LogP contribution >= 0.6 is 69.6 Å². The summed E-state index contributed by atoms with van der Waals surface area (Å²) in [4.78, 5) is 41.4. The fraction of sp³-hybridized carbons (Fsp3) is 0.529. The molecule has 31 heavy (non-hydrogen) atoms. The lowest BCUT2D eigenvalue weighted by atomic mass is 9.93. The number of nitrogens with zero attached hydrogens (tertiary/aromatic N) is 3. The first-order valence-electron chi connectivity index (χ1n) is 8.62. The lowest BCUT2D eigenvalue weighted by Gasteiger charge is -2.29. The third-order valence-corrected chi connectivity index (χ3v) is 5.15. The Morgan fingerprint density at radius 1 is 1.10 bits per heavy atom. The highest BCUT2D eigenvalue weighted by Gasteiger charge is 2.42. The van der Waals surface area contributed by atoms with Crippen LogP contribution < -0.4 is 9.80 Å². The number of alkyl halides is 6. The molecule has 172 valence electrons. The smallest absolute Gasteiger partial charge is 0.422 e. The molecule has 0 bridgehead atoms. The Morgan fingerprint density at radius 2 is 1.61 bits per heavy atom. The molecule has 0 atom stereocenters. The minimum absolute atomic E-state index is 0.0277. The van der Waals surface area contributed by atoms with Crippen LogP contribution in [0.25, 0.3) is 0 Å². The maximum absolute atomic E-state index is 12.8. The van der Waals surface area contributed by atoms with Gasteiger partial charge in [-0.1, -0.05) is 83.5 Å². The van der Waals surface area contributed by atoms with Crippen molar-refractivity contribution in [1.29, 1.82) is 0 Å². The van der Waals surface area contributed by atoms with E-state index in [-0.39, 0.29) is 47.0 Å². The van der Waals surface area contributed by atoms with E-state index in [1.54, 1.807) is 0 Å². The molecule has 1 aromatic rings. The molecule has 14 heteroatoms. The van der Waals surface area contributed by atoms with Gasteiger partial charge in [-0.25, -0.2) is 14.6 Å². The van der Waals surface area contributed by atoms with E-state index in [2.05, 4.69) is 4.98 Å². The van der Waals surface area contributed by atoms with Gasteiger partial charge in [-0.05, 0) is 11.0 Å². The summed E-state index contributed by atoms with van der Waals surface area (Å²) in [5, 5.41) is 18.9. The molecule has 0 aromatic carbocycles. The van der Waals surface area contributed by atoms with E-state index >= 15 is 0 Å². The van der Waals surface area contributed by atoms with Crippen LogP contribution in [0.1, 0.15) is 31.4 Å². The standard InChI is InChI=1S/C17H17Cl6N3O5/c1-15(2)5-10(27)25(7-15)11-8(3-16(18,19)20)6-24-12(9(11)4-17(21,22)23)26(13(28)29)14(30)31/h6H,3-5,7H2,1-2H3,(H,28,29)(H,30,31). The first kappa shape index (κ1) is 26.4. The second-order valence-corrected chi connectivity index (χ2v) is 12.8. The summed E-state index contributed by atoms with van der Waals surface area (Å²) in [6, 6.07) is 0. The van der Waals surface area contributed by atoms with E-state index < -0.39 is 37.4 Å². The Hall–Kier alpha value is -0.900. The summed E-state index contributed by atoms with van der Waals surface area (Å²) in [6.07, 6.45) is -3.04. The molecule has 0 saturated carbocycles. The van der Waals surface area contributed by atoms with Crippen molar-refractivity contribution in [2.75, 3.05) is 16.3 Å². The summed E-state index contributed by atoms with van der Waals surface area (Å²) in [5.74, 6) is -0.845. The number of anilines is 2. The van der Waals surface area contributed by atoms with Crippen LogP contribution in [0.2, 0.25) is 0 Å². The quantitative estimate of drug-likeness (QED) is 0.452. The highest BCUT2D eigenvalue weighted by molar-refractivity contribution is 6.68. The van der Waals surface area contributed by atoms with Crippen molar-refractivity contribution >= 4 is 99.2 Å². The van der Waals surface area contributed by atoms with E-state index in [9.17, 15) is 24.6 Å². The van der Waals surface area contributed by atoms with Crippen molar-refractivity contribution in [3.8, 4) is 0 Å². The number of carbonyl (C=O) groups excluding carboxylic acids is 1. The minimum Gasteiger partial charge on any atom is -0.464 e. The largest absolute Gasteiger partial charge is 0.464 e.